The van der Waals surface area contributed by atoms with Crippen LogP contribution < -0.4 is 5.63 Å². The predicted molar refractivity (Wildman–Crippen MR) is 121 cm³/mol. The van der Waals surface area contributed by atoms with E-state index in [1.54, 1.807) is 24.4 Å². The smallest absolute Gasteiger partial charge is 0.344 e. The summed E-state index contributed by atoms with van der Waals surface area (Å²) in [6, 6.07) is 18.0. The highest BCUT2D eigenvalue weighted by atomic mass is 79.9. The summed E-state index contributed by atoms with van der Waals surface area (Å²) >= 11 is 9.29. The van der Waals surface area contributed by atoms with Gasteiger partial charge < -0.3 is 9.52 Å². The Kier molecular flexibility index (Phi) is 5.26. The summed E-state index contributed by atoms with van der Waals surface area (Å²) < 4.78 is 5.94. The van der Waals surface area contributed by atoms with Gasteiger partial charge in [-0.05, 0) is 70.4 Å². The maximum absolute atomic E-state index is 12.4. The minimum absolute atomic E-state index is 0.0697. The van der Waals surface area contributed by atoms with Crippen molar-refractivity contribution in [2.24, 2.45) is 4.99 Å². The van der Waals surface area contributed by atoms with Gasteiger partial charge >= 0.3 is 5.63 Å². The van der Waals surface area contributed by atoms with E-state index < -0.39 is 0 Å². The molecule has 144 valence electrons. The van der Waals surface area contributed by atoms with Crippen LogP contribution in [-0.2, 0) is 0 Å². The van der Waals surface area contributed by atoms with Crippen molar-refractivity contribution < 1.29 is 9.52 Å². The maximum atomic E-state index is 12.4. The summed E-state index contributed by atoms with van der Waals surface area (Å²) in [5.41, 5.74) is 3.56. The average molecular weight is 469 g/mol. The van der Waals surface area contributed by atoms with E-state index in [1.807, 2.05) is 49.4 Å². The fourth-order valence-electron chi connectivity index (χ4n) is 3.11. The van der Waals surface area contributed by atoms with Gasteiger partial charge in [-0.1, -0.05) is 35.9 Å². The maximum Gasteiger partial charge on any atom is 0.344 e. The number of hydrogen-bond donors (Lipinski definition) is 1. The van der Waals surface area contributed by atoms with Crippen molar-refractivity contribution in [3.8, 4) is 16.9 Å². The number of phenols is 1. The zero-order valence-electron chi connectivity index (χ0n) is 15.3. The Bertz CT molecular complexity index is 1330. The lowest BCUT2D eigenvalue weighted by molar-refractivity contribution is 0.471. The van der Waals surface area contributed by atoms with Crippen LogP contribution in [0.15, 0.2) is 79.3 Å². The van der Waals surface area contributed by atoms with E-state index in [2.05, 4.69) is 20.9 Å². The van der Waals surface area contributed by atoms with Gasteiger partial charge in [0.15, 0.2) is 0 Å². The van der Waals surface area contributed by atoms with Gasteiger partial charge in [0.1, 0.15) is 11.3 Å². The molecule has 4 rings (SSSR count). The second kappa shape index (κ2) is 7.85. The number of hydrogen-bond acceptors (Lipinski definition) is 4. The van der Waals surface area contributed by atoms with Crippen LogP contribution in [0.25, 0.3) is 22.1 Å². The molecule has 6 heteroatoms. The van der Waals surface area contributed by atoms with Crippen LogP contribution in [0.4, 0.5) is 5.69 Å². The molecule has 4 nitrogen and oxygen atoms in total. The highest BCUT2D eigenvalue weighted by molar-refractivity contribution is 9.10. The van der Waals surface area contributed by atoms with E-state index in [0.717, 1.165) is 16.5 Å². The topological polar surface area (TPSA) is 62.8 Å². The van der Waals surface area contributed by atoms with Crippen molar-refractivity contribution in [3.05, 3.63) is 91.7 Å². The quantitative estimate of drug-likeness (QED) is 0.271. The number of nitrogens with zero attached hydrogens (tertiary/aromatic N) is 1. The van der Waals surface area contributed by atoms with Crippen LogP contribution in [0, 0.1) is 6.92 Å². The summed E-state index contributed by atoms with van der Waals surface area (Å²) in [6.45, 7) is 1.91. The van der Waals surface area contributed by atoms with E-state index in [0.29, 0.717) is 31.9 Å². The third kappa shape index (κ3) is 3.97. The normalized spacial score (nSPS) is 11.4. The van der Waals surface area contributed by atoms with Crippen molar-refractivity contribution in [1.82, 2.24) is 0 Å². The molecule has 0 aliphatic heterocycles. The van der Waals surface area contributed by atoms with E-state index in [1.165, 1.54) is 0 Å². The molecular formula is C23H15BrClNO3. The van der Waals surface area contributed by atoms with Gasteiger partial charge in [-0.25, -0.2) is 4.79 Å². The number of benzene rings is 3. The fourth-order valence-corrected chi connectivity index (χ4v) is 3.94. The van der Waals surface area contributed by atoms with Crippen molar-refractivity contribution in [1.29, 1.82) is 0 Å². The second-order valence-electron chi connectivity index (χ2n) is 6.57. The van der Waals surface area contributed by atoms with Gasteiger partial charge in [-0.2, -0.15) is 0 Å². The number of rotatable bonds is 3. The van der Waals surface area contributed by atoms with E-state index in [4.69, 9.17) is 16.0 Å². The first-order valence-electron chi connectivity index (χ1n) is 8.78. The molecule has 4 aromatic rings. The first kappa shape index (κ1) is 19.4. The van der Waals surface area contributed by atoms with Crippen molar-refractivity contribution >= 4 is 50.4 Å². The number of aryl methyl sites for hydroxylation is 1. The Labute approximate surface area is 180 Å². The minimum Gasteiger partial charge on any atom is -0.506 e. The summed E-state index contributed by atoms with van der Waals surface area (Å²) in [5.74, 6) is 0.0697. The third-order valence-electron chi connectivity index (χ3n) is 4.55. The number of aliphatic imine (C=N–C) groups is 1. The van der Waals surface area contributed by atoms with Crippen molar-refractivity contribution in [2.45, 2.75) is 6.92 Å². The van der Waals surface area contributed by atoms with Gasteiger partial charge in [0.2, 0.25) is 0 Å². The van der Waals surface area contributed by atoms with Crippen LogP contribution in [0.1, 0.15) is 11.1 Å². The summed E-state index contributed by atoms with van der Waals surface area (Å²) in [6.07, 6.45) is 1.55. The lowest BCUT2D eigenvalue weighted by atomic mass is 10.0. The molecule has 0 bridgehead atoms. The number of aromatic hydroxyl groups is 1. The van der Waals surface area contributed by atoms with Crippen LogP contribution in [-0.4, -0.2) is 11.3 Å². The third-order valence-corrected chi connectivity index (χ3v) is 5.37. The Morgan fingerprint density at radius 2 is 1.86 bits per heavy atom. The molecule has 0 aliphatic carbocycles. The molecule has 1 heterocycles. The highest BCUT2D eigenvalue weighted by Gasteiger charge is 2.11. The largest absolute Gasteiger partial charge is 0.506 e. The zero-order valence-corrected chi connectivity index (χ0v) is 17.7. The number of phenolic OH excluding ortho intramolecular Hbond substituents is 1. The summed E-state index contributed by atoms with van der Waals surface area (Å²) in [4.78, 5) is 16.9. The lowest BCUT2D eigenvalue weighted by Gasteiger charge is -2.07. The van der Waals surface area contributed by atoms with Crippen LogP contribution in [0.5, 0.6) is 5.75 Å². The van der Waals surface area contributed by atoms with Gasteiger partial charge in [0, 0.05) is 22.2 Å². The standard InChI is InChI=1S/C23H15BrClNO3/c1-13-8-17(26-12-15-9-16(25)11-20(24)22(15)27)6-7-18(13)19-10-14-4-2-3-5-21(14)29-23(19)28/h2-12,27H,1H3. The lowest BCUT2D eigenvalue weighted by Crippen LogP contribution is -2.03. The highest BCUT2D eigenvalue weighted by Crippen LogP contribution is 2.31. The molecular weight excluding hydrogens is 454 g/mol. The second-order valence-corrected chi connectivity index (χ2v) is 7.86. The van der Waals surface area contributed by atoms with Gasteiger partial charge in [-0.15, -0.1) is 0 Å². The number of fused-ring (bicyclic) bond motifs is 1. The molecule has 0 atom stereocenters. The zero-order chi connectivity index (χ0) is 20.5. The molecule has 29 heavy (non-hydrogen) atoms. The fraction of sp³-hybridized carbons (Fsp3) is 0.0435. The van der Waals surface area contributed by atoms with E-state index in [9.17, 15) is 9.90 Å². The molecule has 0 radical (unpaired) electrons. The molecule has 0 amide bonds. The van der Waals surface area contributed by atoms with E-state index >= 15 is 0 Å². The average Bonchev–Trinajstić information content (AvgIpc) is 2.69. The van der Waals surface area contributed by atoms with Crippen LogP contribution >= 0.6 is 27.5 Å². The molecule has 3 aromatic carbocycles. The Morgan fingerprint density at radius 1 is 1.07 bits per heavy atom. The van der Waals surface area contributed by atoms with Crippen LogP contribution in [0.3, 0.4) is 0 Å². The van der Waals surface area contributed by atoms with Crippen molar-refractivity contribution in [3.63, 3.8) is 0 Å². The summed E-state index contributed by atoms with van der Waals surface area (Å²) in [7, 11) is 0. The molecule has 1 aromatic heterocycles. The van der Waals surface area contributed by atoms with Crippen LogP contribution in [0.2, 0.25) is 5.02 Å². The predicted octanol–water partition coefficient (Wildman–Crippen LogP) is 6.64. The Morgan fingerprint density at radius 3 is 2.66 bits per heavy atom. The monoisotopic (exact) mass is 467 g/mol. The molecule has 0 saturated carbocycles. The van der Waals surface area contributed by atoms with E-state index in [-0.39, 0.29) is 11.4 Å². The Hall–Kier alpha value is -2.89. The molecule has 1 N–H and O–H groups in total. The number of halogens is 2. The molecule has 0 unspecified atom stereocenters. The minimum atomic E-state index is -0.378. The van der Waals surface area contributed by atoms with Gasteiger partial charge in [-0.3, -0.25) is 4.99 Å². The first-order valence-corrected chi connectivity index (χ1v) is 9.95. The first-order chi connectivity index (χ1) is 13.9. The van der Waals surface area contributed by atoms with Gasteiger partial charge in [0.25, 0.3) is 0 Å². The summed E-state index contributed by atoms with van der Waals surface area (Å²) in [5, 5.41) is 11.5. The SMILES string of the molecule is Cc1cc(N=Cc2cc(Cl)cc(Br)c2O)ccc1-c1cc2ccccc2oc1=O. The Balaban J connectivity index is 1.71. The molecule has 0 saturated heterocycles. The molecule has 0 spiro atoms. The molecule has 0 fully saturated rings. The van der Waals surface area contributed by atoms with Crippen molar-refractivity contribution in [2.75, 3.05) is 0 Å². The molecule has 0 aliphatic rings. The number of para-hydroxylation sites is 1. The van der Waals surface area contributed by atoms with Gasteiger partial charge in [0.05, 0.1) is 15.7 Å².